The molecule has 98 valence electrons. The van der Waals surface area contributed by atoms with Crippen LogP contribution in [0.15, 0.2) is 12.7 Å². The molecule has 5 unspecified atom stereocenters. The van der Waals surface area contributed by atoms with Gasteiger partial charge in [0.2, 0.25) is 6.29 Å². The second kappa shape index (κ2) is 5.21. The van der Waals surface area contributed by atoms with E-state index in [-0.39, 0.29) is 17.5 Å². The summed E-state index contributed by atoms with van der Waals surface area (Å²) < 4.78 is 11.3. The lowest BCUT2D eigenvalue weighted by Crippen LogP contribution is -2.53. The van der Waals surface area contributed by atoms with Crippen LogP contribution in [0.25, 0.3) is 0 Å². The highest BCUT2D eigenvalue weighted by atomic mass is 16.7. The lowest BCUT2D eigenvalue weighted by molar-refractivity contribution is -0.265. The van der Waals surface area contributed by atoms with Crippen molar-refractivity contribution in [2.45, 2.75) is 52.9 Å². The van der Waals surface area contributed by atoms with E-state index in [4.69, 9.17) is 9.47 Å². The maximum absolute atomic E-state index is 11.1. The molecule has 0 radical (unpaired) electrons. The Labute approximate surface area is 104 Å². The smallest absolute Gasteiger partial charge is 0.304 e. The topological polar surface area (TPSA) is 35.5 Å². The first kappa shape index (κ1) is 14.2. The van der Waals surface area contributed by atoms with Gasteiger partial charge in [-0.15, -0.1) is 6.58 Å². The second-order valence-electron chi connectivity index (χ2n) is 5.12. The molecule has 0 aromatic rings. The quantitative estimate of drug-likeness (QED) is 0.561. The van der Waals surface area contributed by atoms with E-state index < -0.39 is 6.29 Å². The van der Waals surface area contributed by atoms with E-state index >= 15 is 0 Å². The summed E-state index contributed by atoms with van der Waals surface area (Å²) in [6.45, 7) is 13.8. The van der Waals surface area contributed by atoms with Crippen molar-refractivity contribution in [3.8, 4) is 0 Å². The number of ether oxygens (including phenoxy) is 2. The van der Waals surface area contributed by atoms with Gasteiger partial charge in [-0.05, 0) is 18.3 Å². The van der Waals surface area contributed by atoms with Crippen LogP contribution in [0.4, 0.5) is 0 Å². The number of carbonyl (C=O) groups is 1. The lowest BCUT2D eigenvalue weighted by Gasteiger charge is -2.49. The summed E-state index contributed by atoms with van der Waals surface area (Å²) >= 11 is 0. The summed E-state index contributed by atoms with van der Waals surface area (Å²) in [4.78, 5) is 11.1. The van der Waals surface area contributed by atoms with Crippen LogP contribution < -0.4 is 0 Å². The van der Waals surface area contributed by atoms with Gasteiger partial charge in [-0.1, -0.05) is 33.8 Å². The molecule has 5 atom stereocenters. The van der Waals surface area contributed by atoms with E-state index in [9.17, 15) is 4.79 Å². The molecule has 1 saturated heterocycles. The van der Waals surface area contributed by atoms with Crippen LogP contribution in [-0.2, 0) is 14.3 Å². The van der Waals surface area contributed by atoms with Crippen LogP contribution in [0.1, 0.15) is 41.0 Å². The first-order chi connectivity index (χ1) is 7.88. The van der Waals surface area contributed by atoms with Crippen molar-refractivity contribution in [3.63, 3.8) is 0 Å². The number of hydrogen-bond donors (Lipinski definition) is 0. The minimum atomic E-state index is -0.461. The second-order valence-corrected chi connectivity index (χ2v) is 5.12. The number of carbonyl (C=O) groups excluding carboxylic acids is 1. The molecule has 0 aromatic carbocycles. The molecular formula is C14H24O3. The summed E-state index contributed by atoms with van der Waals surface area (Å²) in [6.07, 6.45) is 2.24. The van der Waals surface area contributed by atoms with E-state index in [1.54, 1.807) is 0 Å². The highest BCUT2D eigenvalue weighted by Crippen LogP contribution is 2.44. The molecule has 3 heteroatoms. The molecule has 0 spiro atoms. The van der Waals surface area contributed by atoms with E-state index in [1.165, 1.54) is 6.92 Å². The molecule has 1 heterocycles. The van der Waals surface area contributed by atoms with Gasteiger partial charge < -0.3 is 9.47 Å². The molecule has 3 nitrogen and oxygen atoms in total. The van der Waals surface area contributed by atoms with Crippen molar-refractivity contribution < 1.29 is 14.3 Å². The van der Waals surface area contributed by atoms with Crippen LogP contribution in [0.5, 0.6) is 0 Å². The summed E-state index contributed by atoms with van der Waals surface area (Å²) in [6, 6.07) is 0. The molecule has 1 fully saturated rings. The van der Waals surface area contributed by atoms with Crippen molar-refractivity contribution in [2.75, 3.05) is 0 Å². The average Bonchev–Trinajstić information content (AvgIpc) is 2.30. The minimum absolute atomic E-state index is 0.202. The van der Waals surface area contributed by atoms with Gasteiger partial charge in [0.1, 0.15) is 0 Å². The Hall–Kier alpha value is -0.830. The standard InChI is InChI=1S/C14H24O3/c1-7-14(8-2)11(5)9(3)10(4)13(17-14)16-12(6)15/h7,9-11,13H,1,8H2,2-6H3. The van der Waals surface area contributed by atoms with Crippen molar-refractivity contribution in [3.05, 3.63) is 12.7 Å². The van der Waals surface area contributed by atoms with E-state index in [1.807, 2.05) is 6.08 Å². The highest BCUT2D eigenvalue weighted by Gasteiger charge is 2.47. The minimum Gasteiger partial charge on any atom is -0.436 e. The van der Waals surface area contributed by atoms with Gasteiger partial charge in [-0.2, -0.15) is 0 Å². The molecule has 0 amide bonds. The normalized spacial score (nSPS) is 41.9. The third kappa shape index (κ3) is 2.54. The molecule has 0 N–H and O–H groups in total. The third-order valence-corrected chi connectivity index (χ3v) is 4.33. The molecule has 0 saturated carbocycles. The third-order valence-electron chi connectivity index (χ3n) is 4.33. The summed E-state index contributed by atoms with van der Waals surface area (Å²) in [5, 5.41) is 0. The van der Waals surface area contributed by atoms with E-state index in [0.717, 1.165) is 6.42 Å². The predicted octanol–water partition coefficient (Wildman–Crippen LogP) is 3.15. The van der Waals surface area contributed by atoms with Crippen LogP contribution in [0, 0.1) is 17.8 Å². The van der Waals surface area contributed by atoms with Crippen LogP contribution in [0.3, 0.4) is 0 Å². The zero-order valence-electron chi connectivity index (χ0n) is 11.5. The van der Waals surface area contributed by atoms with Crippen LogP contribution in [-0.4, -0.2) is 17.9 Å². The zero-order chi connectivity index (χ0) is 13.2. The Balaban J connectivity index is 2.97. The van der Waals surface area contributed by atoms with Crippen molar-refractivity contribution in [2.24, 2.45) is 17.8 Å². The Kier molecular flexibility index (Phi) is 4.36. The summed E-state index contributed by atoms with van der Waals surface area (Å²) in [7, 11) is 0. The number of esters is 1. The first-order valence-corrected chi connectivity index (χ1v) is 6.36. The molecule has 0 bridgehead atoms. The van der Waals surface area contributed by atoms with Gasteiger partial charge in [0.15, 0.2) is 0 Å². The molecule has 1 rings (SSSR count). The summed E-state index contributed by atoms with van der Waals surface area (Å²) in [5.74, 6) is 0.698. The maximum Gasteiger partial charge on any atom is 0.304 e. The largest absolute Gasteiger partial charge is 0.436 e. The fourth-order valence-electron chi connectivity index (χ4n) is 2.66. The Morgan fingerprint density at radius 1 is 1.41 bits per heavy atom. The molecule has 0 aliphatic carbocycles. The number of rotatable bonds is 3. The van der Waals surface area contributed by atoms with E-state index in [0.29, 0.717) is 11.8 Å². The van der Waals surface area contributed by atoms with Gasteiger partial charge in [0.05, 0.1) is 5.60 Å². The lowest BCUT2D eigenvalue weighted by atomic mass is 9.71. The van der Waals surface area contributed by atoms with Crippen molar-refractivity contribution in [1.29, 1.82) is 0 Å². The fraction of sp³-hybridized carbons (Fsp3) is 0.786. The van der Waals surface area contributed by atoms with Crippen molar-refractivity contribution in [1.82, 2.24) is 0 Å². The fourth-order valence-corrected chi connectivity index (χ4v) is 2.66. The van der Waals surface area contributed by atoms with Gasteiger partial charge >= 0.3 is 5.97 Å². The first-order valence-electron chi connectivity index (χ1n) is 6.36. The number of hydrogen-bond acceptors (Lipinski definition) is 3. The van der Waals surface area contributed by atoms with Gasteiger partial charge in [-0.3, -0.25) is 4.79 Å². The van der Waals surface area contributed by atoms with Gasteiger partial charge in [0.25, 0.3) is 0 Å². The Morgan fingerprint density at radius 2 is 2.00 bits per heavy atom. The average molecular weight is 240 g/mol. The SMILES string of the molecule is C=CC1(CC)OC(OC(C)=O)C(C)C(C)C1C. The Bertz CT molecular complexity index is 300. The van der Waals surface area contributed by atoms with Crippen LogP contribution >= 0.6 is 0 Å². The van der Waals surface area contributed by atoms with Crippen molar-refractivity contribution >= 4 is 5.97 Å². The van der Waals surface area contributed by atoms with Crippen LogP contribution in [0.2, 0.25) is 0 Å². The van der Waals surface area contributed by atoms with E-state index in [2.05, 4.69) is 34.3 Å². The predicted molar refractivity (Wildman–Crippen MR) is 67.4 cm³/mol. The molecule has 1 aliphatic rings. The van der Waals surface area contributed by atoms with Gasteiger partial charge in [0, 0.05) is 12.8 Å². The highest BCUT2D eigenvalue weighted by molar-refractivity contribution is 5.66. The molecule has 1 aliphatic heterocycles. The molecule has 0 aromatic heterocycles. The zero-order valence-corrected chi connectivity index (χ0v) is 11.5. The molecule has 17 heavy (non-hydrogen) atoms. The maximum atomic E-state index is 11.1. The Morgan fingerprint density at radius 3 is 2.41 bits per heavy atom. The molecular weight excluding hydrogens is 216 g/mol. The van der Waals surface area contributed by atoms with Gasteiger partial charge in [-0.25, -0.2) is 0 Å². The monoisotopic (exact) mass is 240 g/mol. The summed E-state index contributed by atoms with van der Waals surface area (Å²) in [5.41, 5.74) is -0.383.